The van der Waals surface area contributed by atoms with Gasteiger partial charge in [0.05, 0.1) is 36.9 Å². The minimum atomic E-state index is -1.72. The normalized spacial score (nSPS) is 55.4. The van der Waals surface area contributed by atoms with E-state index in [2.05, 4.69) is 26.8 Å². The van der Waals surface area contributed by atoms with Crippen LogP contribution < -0.4 is 0 Å². The maximum atomic E-state index is 14.4. The van der Waals surface area contributed by atoms with Crippen LogP contribution in [0.1, 0.15) is 92.9 Å². The Morgan fingerprint density at radius 2 is 1.51 bits per heavy atom. The highest BCUT2D eigenvalue weighted by molar-refractivity contribution is 5.79. The van der Waals surface area contributed by atoms with E-state index in [1.165, 1.54) is 0 Å². The van der Waals surface area contributed by atoms with Crippen LogP contribution in [-0.4, -0.2) is 109 Å². The van der Waals surface area contributed by atoms with E-state index >= 15 is 0 Å². The molecular weight excluding hydrogens is 608 g/mol. The topological polar surface area (TPSA) is 197 Å². The summed E-state index contributed by atoms with van der Waals surface area (Å²) in [4.78, 5) is 14.4. The number of allylic oxidation sites excluding steroid dienone is 1. The second kappa shape index (κ2) is 11.4. The lowest BCUT2D eigenvalue weighted by molar-refractivity contribution is -0.298. The molecule has 16 atom stereocenters. The van der Waals surface area contributed by atoms with E-state index in [-0.39, 0.29) is 29.3 Å². The smallest absolute Gasteiger partial charge is 0.315 e. The standard InChI is InChI=1S/C36H58O11/c1-31(2)11-13-36(30(45)47-29-26(42)25(41)24(40)20(16-37)46-29)14-12-34(5)18(23(36)28(31)44)7-8-22-32(3)15-19(39)27(43)33(4,17-38)21(32)9-10-35(22,34)6/h7,19-29,37-44H,8-17H2,1-6H3/t19-,20-,21-,22-,23-,24-,25+,26-,27+,28+,29+,32+,33+,34-,35-,36+/m1/s1. The summed E-state index contributed by atoms with van der Waals surface area (Å²) < 4.78 is 11.4. The largest absolute Gasteiger partial charge is 0.432 e. The molecule has 11 nitrogen and oxygen atoms in total. The highest BCUT2D eigenvalue weighted by Gasteiger charge is 2.72. The zero-order valence-electron chi connectivity index (χ0n) is 28.8. The van der Waals surface area contributed by atoms with Gasteiger partial charge in [0.15, 0.2) is 0 Å². The van der Waals surface area contributed by atoms with E-state index < -0.39 is 89.2 Å². The average Bonchev–Trinajstić information content (AvgIpc) is 3.02. The quantitative estimate of drug-likeness (QED) is 0.160. The molecule has 0 aromatic carbocycles. The summed E-state index contributed by atoms with van der Waals surface area (Å²) in [6.07, 6.45) is -3.62. The zero-order chi connectivity index (χ0) is 34.7. The van der Waals surface area contributed by atoms with Gasteiger partial charge in [-0.05, 0) is 84.9 Å². The van der Waals surface area contributed by atoms with Gasteiger partial charge in [-0.15, -0.1) is 0 Å². The molecule has 6 aliphatic rings. The molecule has 0 unspecified atom stereocenters. The first-order valence-electron chi connectivity index (χ1n) is 17.7. The number of ether oxygens (including phenoxy) is 2. The molecule has 0 aromatic rings. The number of aliphatic hydroxyl groups excluding tert-OH is 8. The second-order valence-corrected chi connectivity index (χ2v) is 17.8. The Balaban J connectivity index is 1.39. The Labute approximate surface area is 278 Å². The number of rotatable bonds is 4. The van der Waals surface area contributed by atoms with E-state index in [0.29, 0.717) is 38.5 Å². The highest BCUT2D eigenvalue weighted by atomic mass is 16.7. The first-order valence-corrected chi connectivity index (χ1v) is 17.7. The molecule has 1 heterocycles. The molecule has 5 aliphatic carbocycles. The predicted molar refractivity (Wildman–Crippen MR) is 169 cm³/mol. The van der Waals surface area contributed by atoms with Crippen molar-refractivity contribution in [3.05, 3.63) is 11.6 Å². The molecule has 0 spiro atoms. The molecule has 268 valence electrons. The second-order valence-electron chi connectivity index (χ2n) is 17.8. The Kier molecular flexibility index (Phi) is 8.68. The molecule has 0 bridgehead atoms. The fourth-order valence-electron chi connectivity index (χ4n) is 12.1. The molecule has 8 N–H and O–H groups in total. The van der Waals surface area contributed by atoms with Crippen molar-refractivity contribution >= 4 is 5.97 Å². The number of aliphatic hydroxyl groups is 8. The minimum Gasteiger partial charge on any atom is -0.432 e. The number of hydrogen-bond donors (Lipinski definition) is 8. The van der Waals surface area contributed by atoms with Gasteiger partial charge in [0, 0.05) is 11.3 Å². The van der Waals surface area contributed by atoms with Crippen LogP contribution in [0.2, 0.25) is 0 Å². The van der Waals surface area contributed by atoms with Crippen LogP contribution >= 0.6 is 0 Å². The fourth-order valence-corrected chi connectivity index (χ4v) is 12.1. The van der Waals surface area contributed by atoms with Crippen LogP contribution in [0.3, 0.4) is 0 Å². The maximum absolute atomic E-state index is 14.4. The number of carbonyl (C=O) groups excluding carboxylic acids is 1. The van der Waals surface area contributed by atoms with E-state index in [0.717, 1.165) is 18.4 Å². The van der Waals surface area contributed by atoms with Crippen molar-refractivity contribution in [2.75, 3.05) is 13.2 Å². The molecule has 0 aromatic heterocycles. The van der Waals surface area contributed by atoms with Crippen molar-refractivity contribution in [2.24, 2.45) is 50.2 Å². The van der Waals surface area contributed by atoms with Crippen molar-refractivity contribution in [2.45, 2.75) is 142 Å². The van der Waals surface area contributed by atoms with Gasteiger partial charge in [-0.2, -0.15) is 0 Å². The average molecular weight is 667 g/mol. The first kappa shape index (κ1) is 35.7. The van der Waals surface area contributed by atoms with Crippen molar-refractivity contribution in [1.29, 1.82) is 0 Å². The van der Waals surface area contributed by atoms with Crippen LogP contribution in [0.5, 0.6) is 0 Å². The van der Waals surface area contributed by atoms with Crippen molar-refractivity contribution in [1.82, 2.24) is 0 Å². The van der Waals surface area contributed by atoms with Crippen LogP contribution in [-0.2, 0) is 14.3 Å². The van der Waals surface area contributed by atoms with E-state index in [1.807, 2.05) is 20.8 Å². The molecule has 1 aliphatic heterocycles. The van der Waals surface area contributed by atoms with Gasteiger partial charge in [-0.1, -0.05) is 53.2 Å². The summed E-state index contributed by atoms with van der Waals surface area (Å²) in [6, 6.07) is 0. The minimum absolute atomic E-state index is 0.00502. The SMILES string of the molecule is CC1(C)CC[C@]2(C(=O)O[C@@H]3O[C@H](CO)[C@@H](O)[C@H](O)[C@H]3O)CC[C@]3(C)C(=CC[C@@H]4[C@@]5(C)C[C@@H](O)[C@H](O)[C@@](C)(CO)[C@@H]5CC[C@]43C)[C@@H]2[C@@H]1O. The molecule has 47 heavy (non-hydrogen) atoms. The van der Waals surface area contributed by atoms with Crippen LogP contribution in [0.4, 0.5) is 0 Å². The van der Waals surface area contributed by atoms with Crippen LogP contribution in [0.15, 0.2) is 11.6 Å². The predicted octanol–water partition coefficient (Wildman–Crippen LogP) is 1.41. The Morgan fingerprint density at radius 3 is 2.15 bits per heavy atom. The van der Waals surface area contributed by atoms with Gasteiger partial charge in [-0.25, -0.2) is 0 Å². The van der Waals surface area contributed by atoms with Crippen LogP contribution in [0.25, 0.3) is 0 Å². The molecule has 6 rings (SSSR count). The molecular formula is C36H58O11. The third kappa shape index (κ3) is 4.67. The van der Waals surface area contributed by atoms with Gasteiger partial charge < -0.3 is 50.3 Å². The van der Waals surface area contributed by atoms with E-state index in [1.54, 1.807) is 0 Å². The van der Waals surface area contributed by atoms with Gasteiger partial charge in [0.2, 0.25) is 6.29 Å². The van der Waals surface area contributed by atoms with E-state index in [9.17, 15) is 45.6 Å². The summed E-state index contributed by atoms with van der Waals surface area (Å²) in [5.41, 5.74) is -2.46. The number of carbonyl (C=O) groups is 1. The van der Waals surface area contributed by atoms with Crippen molar-refractivity contribution in [3.63, 3.8) is 0 Å². The first-order chi connectivity index (χ1) is 21.8. The maximum Gasteiger partial charge on any atom is 0.315 e. The Morgan fingerprint density at radius 1 is 0.851 bits per heavy atom. The number of hydrogen-bond acceptors (Lipinski definition) is 11. The van der Waals surface area contributed by atoms with Gasteiger partial charge >= 0.3 is 5.97 Å². The summed E-state index contributed by atoms with van der Waals surface area (Å²) in [6.45, 7) is 11.9. The van der Waals surface area contributed by atoms with E-state index in [4.69, 9.17) is 9.47 Å². The Bertz CT molecular complexity index is 1270. The Hall–Kier alpha value is -1.15. The van der Waals surface area contributed by atoms with Crippen molar-refractivity contribution in [3.8, 4) is 0 Å². The third-order valence-electron chi connectivity index (χ3n) is 15.4. The number of fused-ring (bicyclic) bond motifs is 7. The summed E-state index contributed by atoms with van der Waals surface area (Å²) >= 11 is 0. The summed E-state index contributed by atoms with van der Waals surface area (Å²) in [5.74, 6) is -1.08. The molecule has 4 saturated carbocycles. The lowest BCUT2D eigenvalue weighted by atomic mass is 9.33. The monoisotopic (exact) mass is 666 g/mol. The highest BCUT2D eigenvalue weighted by Crippen LogP contribution is 2.75. The van der Waals surface area contributed by atoms with Gasteiger partial charge in [0.1, 0.15) is 24.4 Å². The summed E-state index contributed by atoms with van der Waals surface area (Å²) in [7, 11) is 0. The fraction of sp³-hybridized carbons (Fsp3) is 0.917. The van der Waals surface area contributed by atoms with Crippen LogP contribution in [0, 0.1) is 50.2 Å². The summed E-state index contributed by atoms with van der Waals surface area (Å²) in [5, 5.41) is 85.9. The molecule has 11 heteroatoms. The third-order valence-corrected chi connectivity index (χ3v) is 15.4. The zero-order valence-corrected chi connectivity index (χ0v) is 28.8. The number of esters is 1. The lowest BCUT2D eigenvalue weighted by Crippen LogP contribution is -2.69. The lowest BCUT2D eigenvalue weighted by Gasteiger charge is -2.71. The molecule has 5 fully saturated rings. The van der Waals surface area contributed by atoms with Gasteiger partial charge in [-0.3, -0.25) is 4.79 Å². The molecule has 0 amide bonds. The van der Waals surface area contributed by atoms with Crippen molar-refractivity contribution < 1.29 is 55.1 Å². The molecule has 0 radical (unpaired) electrons. The molecule has 1 saturated heterocycles. The van der Waals surface area contributed by atoms with Gasteiger partial charge in [0.25, 0.3) is 0 Å².